The Morgan fingerprint density at radius 2 is 1.44 bits per heavy atom. The molecule has 1 aliphatic heterocycles. The highest BCUT2D eigenvalue weighted by Crippen LogP contribution is 2.26. The molecule has 34 heavy (non-hydrogen) atoms. The number of aliphatic imine (C=N–C) groups is 1. The van der Waals surface area contributed by atoms with Gasteiger partial charge in [0.05, 0.1) is 6.04 Å². The van der Waals surface area contributed by atoms with Crippen molar-refractivity contribution in [2.45, 2.75) is 26.2 Å². The average molecular weight is 478 g/mol. The average Bonchev–Trinajstić information content (AvgIpc) is 3.18. The first-order chi connectivity index (χ1) is 16.5. The van der Waals surface area contributed by atoms with Gasteiger partial charge in [0.2, 0.25) is 5.96 Å². The number of nitrogens with zero attached hydrogens (tertiary/aromatic N) is 3. The molecule has 3 aromatic rings. The van der Waals surface area contributed by atoms with Crippen molar-refractivity contribution in [1.29, 1.82) is 0 Å². The molecule has 3 aromatic carbocycles. The van der Waals surface area contributed by atoms with Gasteiger partial charge in [-0.1, -0.05) is 72.3 Å². The number of rotatable bonds is 5. The van der Waals surface area contributed by atoms with E-state index in [0.29, 0.717) is 11.6 Å². The number of benzene rings is 3. The van der Waals surface area contributed by atoms with E-state index in [9.17, 15) is 9.59 Å². The van der Waals surface area contributed by atoms with Gasteiger partial charge in [0, 0.05) is 17.3 Å². The van der Waals surface area contributed by atoms with Gasteiger partial charge < -0.3 is 14.4 Å². The van der Waals surface area contributed by atoms with Gasteiger partial charge in [-0.3, -0.25) is 0 Å². The van der Waals surface area contributed by atoms with Gasteiger partial charge in [-0.2, -0.15) is 0 Å². The van der Waals surface area contributed by atoms with Gasteiger partial charge in [-0.05, 0) is 42.3 Å². The maximum absolute atomic E-state index is 13.1. The Labute approximate surface area is 203 Å². The zero-order chi connectivity index (χ0) is 23.9. The van der Waals surface area contributed by atoms with Crippen molar-refractivity contribution in [1.82, 2.24) is 4.90 Å². The lowest BCUT2D eigenvalue weighted by atomic mass is 10.2. The summed E-state index contributed by atoms with van der Waals surface area (Å²) in [5.41, 5.74) is 2.44. The van der Waals surface area contributed by atoms with Crippen LogP contribution >= 0.6 is 11.6 Å². The van der Waals surface area contributed by atoms with Gasteiger partial charge in [-0.15, -0.1) is 4.99 Å². The second-order valence-corrected chi connectivity index (χ2v) is 8.23. The fraction of sp³-hybridized carbons (Fsp3) is 0.192. The standard InChI is InChI=1S/C26H24ClN3O4/c1-19-16-29(23-14-12-22(27)13-15-23)24(28-25(31)33-17-20-8-4-2-5-9-20)30(19)26(32)34-18-21-10-6-3-7-11-21/h2-15,19H,16-18H2,1H3/b28-24+. The molecule has 1 unspecified atom stereocenters. The number of guanidine groups is 1. The number of hydrogen-bond donors (Lipinski definition) is 0. The molecule has 1 aliphatic rings. The summed E-state index contributed by atoms with van der Waals surface area (Å²) in [6.45, 7) is 2.47. The van der Waals surface area contributed by atoms with Crippen molar-refractivity contribution in [2.75, 3.05) is 11.4 Å². The van der Waals surface area contributed by atoms with Crippen LogP contribution in [0.1, 0.15) is 18.1 Å². The Kier molecular flexibility index (Phi) is 7.44. The van der Waals surface area contributed by atoms with Crippen molar-refractivity contribution >= 4 is 35.4 Å². The predicted octanol–water partition coefficient (Wildman–Crippen LogP) is 5.88. The largest absolute Gasteiger partial charge is 0.444 e. The number of hydrogen-bond acceptors (Lipinski definition) is 4. The van der Waals surface area contributed by atoms with Crippen LogP contribution in [0.4, 0.5) is 15.3 Å². The van der Waals surface area contributed by atoms with Gasteiger partial charge in [0.15, 0.2) is 0 Å². The highest BCUT2D eigenvalue weighted by atomic mass is 35.5. The first-order valence-corrected chi connectivity index (χ1v) is 11.2. The molecule has 2 amide bonds. The van der Waals surface area contributed by atoms with E-state index in [0.717, 1.165) is 16.8 Å². The smallest absolute Gasteiger partial charge is 0.437 e. The molecule has 0 aliphatic carbocycles. The van der Waals surface area contributed by atoms with Crippen LogP contribution in [-0.4, -0.2) is 35.6 Å². The number of anilines is 1. The third kappa shape index (κ3) is 5.74. The van der Waals surface area contributed by atoms with E-state index < -0.39 is 12.2 Å². The normalized spacial score (nSPS) is 16.5. The fourth-order valence-corrected chi connectivity index (χ4v) is 3.72. The van der Waals surface area contributed by atoms with Gasteiger partial charge in [0.1, 0.15) is 13.2 Å². The number of halogens is 1. The van der Waals surface area contributed by atoms with Gasteiger partial charge in [0.25, 0.3) is 0 Å². The van der Waals surface area contributed by atoms with E-state index in [2.05, 4.69) is 4.99 Å². The SMILES string of the molecule is CC1CN(c2ccc(Cl)cc2)/C(=N\C(=O)OCc2ccccc2)N1C(=O)OCc1ccccc1. The summed E-state index contributed by atoms with van der Waals surface area (Å²) < 4.78 is 10.9. The molecule has 1 saturated heterocycles. The molecule has 174 valence electrons. The van der Waals surface area contributed by atoms with E-state index in [1.165, 1.54) is 4.90 Å². The van der Waals surface area contributed by atoms with E-state index in [1.807, 2.05) is 67.6 Å². The summed E-state index contributed by atoms with van der Waals surface area (Å²) in [5, 5.41) is 0.580. The first-order valence-electron chi connectivity index (χ1n) is 10.8. The van der Waals surface area contributed by atoms with E-state index in [4.69, 9.17) is 21.1 Å². The highest BCUT2D eigenvalue weighted by molar-refractivity contribution is 6.30. The molecule has 1 heterocycles. The zero-order valence-electron chi connectivity index (χ0n) is 18.6. The summed E-state index contributed by atoms with van der Waals surface area (Å²) in [6, 6.07) is 25.5. The molecule has 1 fully saturated rings. The van der Waals surface area contributed by atoms with Gasteiger partial charge >= 0.3 is 12.2 Å². The lowest BCUT2D eigenvalue weighted by molar-refractivity contribution is 0.111. The van der Waals surface area contributed by atoms with Crippen LogP contribution in [0.5, 0.6) is 0 Å². The zero-order valence-corrected chi connectivity index (χ0v) is 19.4. The van der Waals surface area contributed by atoms with Crippen LogP contribution in [0.25, 0.3) is 0 Å². The first kappa shape index (κ1) is 23.3. The highest BCUT2D eigenvalue weighted by Gasteiger charge is 2.39. The minimum atomic E-state index is -0.798. The molecule has 0 radical (unpaired) electrons. The van der Waals surface area contributed by atoms with Crippen LogP contribution in [-0.2, 0) is 22.7 Å². The van der Waals surface area contributed by atoms with Gasteiger partial charge in [-0.25, -0.2) is 14.5 Å². The summed E-state index contributed by atoms with van der Waals surface area (Å²) >= 11 is 6.04. The Balaban J connectivity index is 1.56. The minimum absolute atomic E-state index is 0.0748. The molecular weight excluding hydrogens is 454 g/mol. The second-order valence-electron chi connectivity index (χ2n) is 7.80. The van der Waals surface area contributed by atoms with E-state index in [1.54, 1.807) is 29.2 Å². The Morgan fingerprint density at radius 3 is 2.03 bits per heavy atom. The van der Waals surface area contributed by atoms with Crippen molar-refractivity contribution in [2.24, 2.45) is 4.99 Å². The molecule has 0 aromatic heterocycles. The molecule has 7 nitrogen and oxygen atoms in total. The van der Waals surface area contributed by atoms with E-state index in [-0.39, 0.29) is 25.2 Å². The number of carbonyl (C=O) groups excluding carboxylic acids is 2. The maximum atomic E-state index is 13.1. The van der Waals surface area contributed by atoms with Crippen LogP contribution in [0.15, 0.2) is 89.9 Å². The second kappa shape index (κ2) is 10.9. The summed E-state index contributed by atoms with van der Waals surface area (Å²) in [6.07, 6.45) is -1.39. The third-order valence-electron chi connectivity index (χ3n) is 5.28. The quantitative estimate of drug-likeness (QED) is 0.459. The van der Waals surface area contributed by atoms with Crippen LogP contribution in [0.3, 0.4) is 0 Å². The predicted molar refractivity (Wildman–Crippen MR) is 131 cm³/mol. The Morgan fingerprint density at radius 1 is 0.882 bits per heavy atom. The molecule has 0 bridgehead atoms. The fourth-order valence-electron chi connectivity index (χ4n) is 3.59. The molecule has 0 N–H and O–H groups in total. The molecule has 0 saturated carbocycles. The maximum Gasteiger partial charge on any atom is 0.437 e. The summed E-state index contributed by atoms with van der Waals surface area (Å²) in [5.74, 6) is 0.144. The number of amides is 2. The molecule has 1 atom stereocenters. The summed E-state index contributed by atoms with van der Waals surface area (Å²) in [7, 11) is 0. The lowest BCUT2D eigenvalue weighted by Crippen LogP contribution is -2.41. The van der Waals surface area contributed by atoms with Crippen LogP contribution in [0, 0.1) is 0 Å². The lowest BCUT2D eigenvalue weighted by Gasteiger charge is -2.22. The van der Waals surface area contributed by atoms with Crippen molar-refractivity contribution in [3.05, 3.63) is 101 Å². The van der Waals surface area contributed by atoms with E-state index >= 15 is 0 Å². The number of ether oxygens (including phenoxy) is 2. The summed E-state index contributed by atoms with van der Waals surface area (Å²) in [4.78, 5) is 33.0. The molecule has 8 heteroatoms. The third-order valence-corrected chi connectivity index (χ3v) is 5.53. The molecule has 0 spiro atoms. The topological polar surface area (TPSA) is 71.4 Å². The monoisotopic (exact) mass is 477 g/mol. The van der Waals surface area contributed by atoms with Crippen molar-refractivity contribution in [3.8, 4) is 0 Å². The minimum Gasteiger partial charge on any atom is -0.444 e. The molecule has 4 rings (SSSR count). The molecular formula is C26H24ClN3O4. The van der Waals surface area contributed by atoms with Crippen molar-refractivity contribution < 1.29 is 19.1 Å². The number of carbonyl (C=O) groups is 2. The Hall–Kier alpha value is -3.84. The van der Waals surface area contributed by atoms with Crippen LogP contribution in [0.2, 0.25) is 5.02 Å². The Bertz CT molecular complexity index is 1150. The van der Waals surface area contributed by atoms with Crippen molar-refractivity contribution in [3.63, 3.8) is 0 Å². The van der Waals surface area contributed by atoms with Crippen LogP contribution < -0.4 is 4.90 Å².